The van der Waals surface area contributed by atoms with Crippen molar-refractivity contribution in [3.05, 3.63) is 29.8 Å². The highest BCUT2D eigenvalue weighted by Gasteiger charge is 2.07. The zero-order valence-electron chi connectivity index (χ0n) is 13.4. The summed E-state index contributed by atoms with van der Waals surface area (Å²) in [6, 6.07) is 7.43. The number of benzene rings is 1. The molecule has 22 heavy (non-hydrogen) atoms. The highest BCUT2D eigenvalue weighted by molar-refractivity contribution is 5.92. The van der Waals surface area contributed by atoms with E-state index in [0.717, 1.165) is 11.3 Å². The van der Waals surface area contributed by atoms with Gasteiger partial charge in [0.25, 0.3) is 0 Å². The fourth-order valence-corrected chi connectivity index (χ4v) is 1.63. The van der Waals surface area contributed by atoms with Crippen molar-refractivity contribution in [1.29, 1.82) is 0 Å². The van der Waals surface area contributed by atoms with E-state index in [4.69, 9.17) is 4.74 Å². The van der Waals surface area contributed by atoms with Crippen LogP contribution in [-0.4, -0.2) is 38.6 Å². The highest BCUT2D eigenvalue weighted by Crippen LogP contribution is 2.10. The lowest BCUT2D eigenvalue weighted by molar-refractivity contribution is -0.120. The molecule has 2 amide bonds. The molecule has 1 rings (SSSR count). The second-order valence-electron chi connectivity index (χ2n) is 5.29. The van der Waals surface area contributed by atoms with Gasteiger partial charge in [0, 0.05) is 31.8 Å². The first-order chi connectivity index (χ1) is 10.5. The molecule has 0 saturated carbocycles. The van der Waals surface area contributed by atoms with Crippen molar-refractivity contribution in [3.8, 4) is 0 Å². The van der Waals surface area contributed by atoms with Crippen molar-refractivity contribution in [2.45, 2.75) is 20.4 Å². The Labute approximate surface area is 131 Å². The van der Waals surface area contributed by atoms with Crippen LogP contribution < -0.4 is 16.0 Å². The van der Waals surface area contributed by atoms with E-state index in [9.17, 15) is 9.59 Å². The molecule has 0 aliphatic heterocycles. The second kappa shape index (κ2) is 9.92. The molecule has 1 aromatic rings. The molecule has 0 atom stereocenters. The van der Waals surface area contributed by atoms with Gasteiger partial charge < -0.3 is 20.7 Å². The van der Waals surface area contributed by atoms with Crippen molar-refractivity contribution in [2.75, 3.05) is 32.1 Å². The Morgan fingerprint density at radius 3 is 2.45 bits per heavy atom. The van der Waals surface area contributed by atoms with Gasteiger partial charge in [-0.3, -0.25) is 9.59 Å². The molecule has 0 radical (unpaired) electrons. The predicted octanol–water partition coefficient (Wildman–Crippen LogP) is 1.13. The summed E-state index contributed by atoms with van der Waals surface area (Å²) in [6.45, 7) is 5.65. The number of nitrogens with one attached hydrogen (secondary N) is 3. The van der Waals surface area contributed by atoms with E-state index in [2.05, 4.69) is 16.0 Å². The first-order valence-corrected chi connectivity index (χ1v) is 7.39. The van der Waals surface area contributed by atoms with Crippen molar-refractivity contribution in [3.63, 3.8) is 0 Å². The number of ether oxygens (including phenoxy) is 1. The molecule has 6 heteroatoms. The van der Waals surface area contributed by atoms with Crippen molar-refractivity contribution < 1.29 is 14.3 Å². The monoisotopic (exact) mass is 307 g/mol. The van der Waals surface area contributed by atoms with E-state index < -0.39 is 0 Å². The molecule has 0 unspecified atom stereocenters. The number of hydrogen-bond acceptors (Lipinski definition) is 4. The molecule has 0 saturated heterocycles. The molecular formula is C16H25N3O3. The van der Waals surface area contributed by atoms with Crippen LogP contribution in [-0.2, 0) is 20.9 Å². The van der Waals surface area contributed by atoms with Gasteiger partial charge >= 0.3 is 0 Å². The molecule has 0 aromatic heterocycles. The van der Waals surface area contributed by atoms with Crippen LogP contribution in [0.3, 0.4) is 0 Å². The van der Waals surface area contributed by atoms with E-state index in [1.807, 2.05) is 38.1 Å². The summed E-state index contributed by atoms with van der Waals surface area (Å²) in [6.07, 6.45) is 0. The van der Waals surface area contributed by atoms with E-state index in [1.54, 1.807) is 7.11 Å². The minimum atomic E-state index is -0.0618. The first kappa shape index (κ1) is 18.1. The number of carbonyl (C=O) groups is 2. The molecule has 6 nitrogen and oxygen atoms in total. The van der Waals surface area contributed by atoms with Gasteiger partial charge in [-0.15, -0.1) is 0 Å². The number of carbonyl (C=O) groups excluding carboxylic acids is 2. The maximum atomic E-state index is 11.6. The van der Waals surface area contributed by atoms with Gasteiger partial charge in [-0.2, -0.15) is 0 Å². The molecule has 1 aromatic carbocycles. The maximum Gasteiger partial charge on any atom is 0.234 e. The standard InChI is InChI=1S/C16H25N3O3/c1-12(2)16(21)19-14-6-4-13(5-7-14)10-18-15(20)11-17-8-9-22-3/h4-7,12,17H,8-11H2,1-3H3,(H,18,20)(H,19,21). The molecule has 0 bridgehead atoms. The van der Waals surface area contributed by atoms with Crippen molar-refractivity contribution >= 4 is 17.5 Å². The summed E-state index contributed by atoms with van der Waals surface area (Å²) in [5, 5.41) is 8.63. The van der Waals surface area contributed by atoms with Gasteiger partial charge in [0.2, 0.25) is 11.8 Å². The third kappa shape index (κ3) is 7.19. The summed E-state index contributed by atoms with van der Waals surface area (Å²) < 4.78 is 4.88. The SMILES string of the molecule is COCCNCC(=O)NCc1ccc(NC(=O)C(C)C)cc1. The van der Waals surface area contributed by atoms with Gasteiger partial charge in [0.1, 0.15) is 0 Å². The average Bonchev–Trinajstić information content (AvgIpc) is 2.50. The van der Waals surface area contributed by atoms with Crippen LogP contribution in [0.5, 0.6) is 0 Å². The molecule has 0 fully saturated rings. The topological polar surface area (TPSA) is 79.5 Å². The van der Waals surface area contributed by atoms with Crippen molar-refractivity contribution in [2.24, 2.45) is 5.92 Å². The summed E-state index contributed by atoms with van der Waals surface area (Å²) in [5.41, 5.74) is 1.74. The van der Waals surface area contributed by atoms with E-state index in [1.165, 1.54) is 0 Å². The van der Waals surface area contributed by atoms with Crippen LogP contribution >= 0.6 is 0 Å². The third-order valence-corrected chi connectivity index (χ3v) is 3.00. The maximum absolute atomic E-state index is 11.6. The van der Waals surface area contributed by atoms with Crippen molar-refractivity contribution in [1.82, 2.24) is 10.6 Å². The van der Waals surface area contributed by atoms with Gasteiger partial charge in [-0.1, -0.05) is 26.0 Å². The highest BCUT2D eigenvalue weighted by atomic mass is 16.5. The minimum absolute atomic E-state index is 0.0109. The largest absolute Gasteiger partial charge is 0.383 e. The van der Waals surface area contributed by atoms with Crippen LogP contribution in [0.15, 0.2) is 24.3 Å². The van der Waals surface area contributed by atoms with Crippen LogP contribution in [0.2, 0.25) is 0 Å². The van der Waals surface area contributed by atoms with E-state index >= 15 is 0 Å². The zero-order chi connectivity index (χ0) is 16.4. The minimum Gasteiger partial charge on any atom is -0.383 e. The van der Waals surface area contributed by atoms with E-state index in [0.29, 0.717) is 19.7 Å². The Kier molecular flexibility index (Phi) is 8.17. The Balaban J connectivity index is 2.32. The number of methoxy groups -OCH3 is 1. The Bertz CT molecular complexity index is 472. The quantitative estimate of drug-likeness (QED) is 0.598. The fourth-order valence-electron chi connectivity index (χ4n) is 1.63. The second-order valence-corrected chi connectivity index (χ2v) is 5.29. The Hall–Kier alpha value is -1.92. The number of amides is 2. The molecule has 3 N–H and O–H groups in total. The van der Waals surface area contributed by atoms with E-state index in [-0.39, 0.29) is 24.3 Å². The lowest BCUT2D eigenvalue weighted by Crippen LogP contribution is -2.34. The lowest BCUT2D eigenvalue weighted by Gasteiger charge is -2.09. The van der Waals surface area contributed by atoms with Gasteiger partial charge in [-0.05, 0) is 17.7 Å². The van der Waals surface area contributed by atoms with Crippen LogP contribution in [0.1, 0.15) is 19.4 Å². The van der Waals surface area contributed by atoms with Crippen LogP contribution in [0.4, 0.5) is 5.69 Å². The Morgan fingerprint density at radius 2 is 1.86 bits per heavy atom. The molecule has 122 valence electrons. The summed E-state index contributed by atoms with van der Waals surface area (Å²) in [5.74, 6) is -0.124. The molecule has 0 aliphatic carbocycles. The summed E-state index contributed by atoms with van der Waals surface area (Å²) in [7, 11) is 1.62. The molecule has 0 heterocycles. The number of hydrogen-bond donors (Lipinski definition) is 3. The average molecular weight is 307 g/mol. The molecule has 0 spiro atoms. The van der Waals surface area contributed by atoms with Gasteiger partial charge in [-0.25, -0.2) is 0 Å². The number of anilines is 1. The fraction of sp³-hybridized carbons (Fsp3) is 0.500. The third-order valence-electron chi connectivity index (χ3n) is 3.00. The van der Waals surface area contributed by atoms with Crippen LogP contribution in [0.25, 0.3) is 0 Å². The van der Waals surface area contributed by atoms with Crippen LogP contribution in [0, 0.1) is 5.92 Å². The number of rotatable bonds is 9. The summed E-state index contributed by atoms with van der Waals surface area (Å²) >= 11 is 0. The molecular weight excluding hydrogens is 282 g/mol. The Morgan fingerprint density at radius 1 is 1.18 bits per heavy atom. The first-order valence-electron chi connectivity index (χ1n) is 7.39. The summed E-state index contributed by atoms with van der Waals surface area (Å²) in [4.78, 5) is 23.2. The smallest absolute Gasteiger partial charge is 0.234 e. The van der Waals surface area contributed by atoms with Gasteiger partial charge in [0.05, 0.1) is 13.2 Å². The normalized spacial score (nSPS) is 10.5. The lowest BCUT2D eigenvalue weighted by atomic mass is 10.1. The predicted molar refractivity (Wildman–Crippen MR) is 86.5 cm³/mol. The zero-order valence-corrected chi connectivity index (χ0v) is 13.4. The van der Waals surface area contributed by atoms with Gasteiger partial charge in [0.15, 0.2) is 0 Å². The molecule has 0 aliphatic rings.